The third-order valence-electron chi connectivity index (χ3n) is 5.47. The number of aromatic amines is 1. The summed E-state index contributed by atoms with van der Waals surface area (Å²) in [5, 5.41) is 0. The van der Waals surface area contributed by atoms with Crippen molar-refractivity contribution < 1.29 is 23.9 Å². The Kier molecular flexibility index (Phi) is 7.97. The van der Waals surface area contributed by atoms with Crippen molar-refractivity contribution in [3.05, 3.63) is 100 Å². The van der Waals surface area contributed by atoms with Crippen molar-refractivity contribution in [1.29, 1.82) is 0 Å². The molecular formula is C27H27NO5. The van der Waals surface area contributed by atoms with E-state index in [1.54, 1.807) is 18.2 Å². The van der Waals surface area contributed by atoms with E-state index in [2.05, 4.69) is 4.98 Å². The monoisotopic (exact) mass is 445 g/mol. The molecule has 0 saturated carbocycles. The first-order chi connectivity index (χ1) is 15.9. The van der Waals surface area contributed by atoms with Crippen molar-refractivity contribution >= 4 is 23.3 Å². The smallest absolute Gasteiger partial charge is 0.310 e. The minimum absolute atomic E-state index is 0.0596. The maximum atomic E-state index is 13.1. The second kappa shape index (κ2) is 11.1. The van der Waals surface area contributed by atoms with Gasteiger partial charge in [0, 0.05) is 28.9 Å². The molecule has 2 aromatic carbocycles. The fourth-order valence-electron chi connectivity index (χ4n) is 3.74. The number of hydrogen-bond donors (Lipinski definition) is 1. The molecule has 0 radical (unpaired) electrons. The van der Waals surface area contributed by atoms with E-state index in [9.17, 15) is 14.4 Å². The standard InChI is InChI=1S/C27H27NO5/c1-18-22(17-26(31)33-3)21(14-15-25(30)32-2)27(28-18)23(19-10-6-4-7-11-19)16-24(29)20-12-8-5-9-13-20/h4-13,16,28H,14-15,17H2,1-3H3/b23-16-. The lowest BCUT2D eigenvalue weighted by Gasteiger charge is -2.12. The van der Waals surface area contributed by atoms with Crippen LogP contribution in [0.15, 0.2) is 66.7 Å². The number of H-pyrrole nitrogens is 1. The van der Waals surface area contributed by atoms with Crippen LogP contribution in [-0.4, -0.2) is 36.9 Å². The number of nitrogens with one attached hydrogen (secondary N) is 1. The van der Waals surface area contributed by atoms with Gasteiger partial charge in [-0.1, -0.05) is 60.7 Å². The van der Waals surface area contributed by atoms with Crippen molar-refractivity contribution in [2.45, 2.75) is 26.2 Å². The zero-order valence-corrected chi connectivity index (χ0v) is 19.0. The van der Waals surface area contributed by atoms with Gasteiger partial charge >= 0.3 is 11.9 Å². The van der Waals surface area contributed by atoms with Gasteiger partial charge in [-0.05, 0) is 36.1 Å². The summed E-state index contributed by atoms with van der Waals surface area (Å²) < 4.78 is 9.69. The molecule has 0 saturated heterocycles. The highest BCUT2D eigenvalue weighted by Gasteiger charge is 2.22. The third-order valence-corrected chi connectivity index (χ3v) is 5.47. The molecule has 0 spiro atoms. The number of hydrogen-bond acceptors (Lipinski definition) is 5. The number of ketones is 1. The number of aryl methyl sites for hydroxylation is 1. The zero-order valence-electron chi connectivity index (χ0n) is 19.0. The Bertz CT molecular complexity index is 1160. The molecule has 6 nitrogen and oxygen atoms in total. The molecule has 0 amide bonds. The van der Waals surface area contributed by atoms with Crippen LogP contribution in [0.1, 0.15) is 44.9 Å². The minimum atomic E-state index is -0.381. The van der Waals surface area contributed by atoms with Gasteiger partial charge in [-0.15, -0.1) is 0 Å². The molecule has 3 rings (SSSR count). The first kappa shape index (κ1) is 23.7. The Morgan fingerprint density at radius 2 is 1.39 bits per heavy atom. The zero-order chi connectivity index (χ0) is 23.8. The van der Waals surface area contributed by atoms with E-state index in [4.69, 9.17) is 9.47 Å². The molecular weight excluding hydrogens is 418 g/mol. The second-order valence-corrected chi connectivity index (χ2v) is 7.57. The summed E-state index contributed by atoms with van der Waals surface area (Å²) in [5.74, 6) is -0.877. The Labute approximate surface area is 193 Å². The molecule has 0 bridgehead atoms. The summed E-state index contributed by atoms with van der Waals surface area (Å²) in [6, 6.07) is 18.6. The van der Waals surface area contributed by atoms with Crippen LogP contribution in [0.25, 0.3) is 5.57 Å². The highest BCUT2D eigenvalue weighted by Crippen LogP contribution is 2.31. The quantitative estimate of drug-likeness (QED) is 0.299. The van der Waals surface area contributed by atoms with Gasteiger partial charge < -0.3 is 14.5 Å². The number of carbonyl (C=O) groups excluding carboxylic acids is 3. The second-order valence-electron chi connectivity index (χ2n) is 7.57. The van der Waals surface area contributed by atoms with Crippen molar-refractivity contribution in [2.75, 3.05) is 14.2 Å². The molecule has 1 aromatic heterocycles. The van der Waals surface area contributed by atoms with E-state index in [1.807, 2.05) is 55.5 Å². The molecule has 170 valence electrons. The van der Waals surface area contributed by atoms with Crippen LogP contribution in [-0.2, 0) is 31.9 Å². The summed E-state index contributed by atoms with van der Waals surface area (Å²) in [7, 11) is 2.68. The summed E-state index contributed by atoms with van der Waals surface area (Å²) in [6.45, 7) is 1.87. The molecule has 0 unspecified atom stereocenters. The minimum Gasteiger partial charge on any atom is -0.469 e. The van der Waals surface area contributed by atoms with Crippen LogP contribution < -0.4 is 0 Å². The topological polar surface area (TPSA) is 85.5 Å². The van der Waals surface area contributed by atoms with Crippen molar-refractivity contribution in [2.24, 2.45) is 0 Å². The fourth-order valence-corrected chi connectivity index (χ4v) is 3.74. The van der Waals surface area contributed by atoms with Gasteiger partial charge in [0.15, 0.2) is 5.78 Å². The lowest BCUT2D eigenvalue weighted by Crippen LogP contribution is -2.09. The van der Waals surface area contributed by atoms with Crippen molar-refractivity contribution in [3.8, 4) is 0 Å². The predicted octanol–water partition coefficient (Wildman–Crippen LogP) is 4.46. The van der Waals surface area contributed by atoms with Crippen molar-refractivity contribution in [1.82, 2.24) is 4.98 Å². The van der Waals surface area contributed by atoms with Crippen LogP contribution in [0.4, 0.5) is 0 Å². The van der Waals surface area contributed by atoms with Gasteiger partial charge in [-0.2, -0.15) is 0 Å². The van der Waals surface area contributed by atoms with Crippen LogP contribution in [0.5, 0.6) is 0 Å². The Morgan fingerprint density at radius 3 is 1.97 bits per heavy atom. The number of esters is 2. The van der Waals surface area contributed by atoms with Gasteiger partial charge in [0.1, 0.15) is 0 Å². The average molecular weight is 446 g/mol. The van der Waals surface area contributed by atoms with E-state index in [0.29, 0.717) is 23.3 Å². The first-order valence-electron chi connectivity index (χ1n) is 10.7. The Hall–Kier alpha value is -3.93. The van der Waals surface area contributed by atoms with Gasteiger partial charge in [0.05, 0.1) is 20.6 Å². The molecule has 1 heterocycles. The lowest BCUT2D eigenvalue weighted by atomic mass is 9.93. The maximum Gasteiger partial charge on any atom is 0.310 e. The normalized spacial score (nSPS) is 11.2. The predicted molar refractivity (Wildman–Crippen MR) is 126 cm³/mol. The number of aromatic nitrogens is 1. The summed E-state index contributed by atoms with van der Waals surface area (Å²) >= 11 is 0. The van der Waals surface area contributed by atoms with Gasteiger partial charge in [-0.25, -0.2) is 0 Å². The molecule has 0 atom stereocenters. The van der Waals surface area contributed by atoms with E-state index < -0.39 is 0 Å². The Morgan fingerprint density at radius 1 is 0.818 bits per heavy atom. The highest BCUT2D eigenvalue weighted by molar-refractivity contribution is 6.10. The number of ether oxygens (including phenoxy) is 2. The SMILES string of the molecule is COC(=O)CCc1c(/C(=C\C(=O)c2ccccc2)c2ccccc2)[nH]c(C)c1CC(=O)OC. The lowest BCUT2D eigenvalue weighted by molar-refractivity contribution is -0.140. The van der Waals surface area contributed by atoms with Crippen LogP contribution in [0.3, 0.4) is 0 Å². The number of rotatable bonds is 9. The molecule has 3 aromatic rings. The molecule has 0 fully saturated rings. The van der Waals surface area contributed by atoms with E-state index in [0.717, 1.165) is 22.4 Å². The molecule has 0 aliphatic rings. The molecule has 33 heavy (non-hydrogen) atoms. The summed E-state index contributed by atoms with van der Waals surface area (Å²) in [5.41, 5.74) is 5.12. The molecule has 1 N–H and O–H groups in total. The third kappa shape index (κ3) is 5.86. The van der Waals surface area contributed by atoms with Gasteiger partial charge in [0.2, 0.25) is 0 Å². The van der Waals surface area contributed by atoms with Crippen LogP contribution in [0.2, 0.25) is 0 Å². The van der Waals surface area contributed by atoms with Crippen molar-refractivity contribution in [3.63, 3.8) is 0 Å². The number of carbonyl (C=O) groups is 3. The summed E-state index contributed by atoms with van der Waals surface area (Å²) in [6.07, 6.45) is 2.15. The van der Waals surface area contributed by atoms with Gasteiger partial charge in [-0.3, -0.25) is 14.4 Å². The maximum absolute atomic E-state index is 13.1. The van der Waals surface area contributed by atoms with E-state index in [-0.39, 0.29) is 30.6 Å². The molecule has 6 heteroatoms. The highest BCUT2D eigenvalue weighted by atomic mass is 16.5. The largest absolute Gasteiger partial charge is 0.469 e. The number of benzene rings is 2. The van der Waals surface area contributed by atoms with Crippen LogP contribution in [0, 0.1) is 6.92 Å². The average Bonchev–Trinajstić information content (AvgIpc) is 3.16. The number of allylic oxidation sites excluding steroid dienone is 1. The molecule has 0 aliphatic heterocycles. The first-order valence-corrected chi connectivity index (χ1v) is 10.7. The number of methoxy groups -OCH3 is 2. The molecule has 0 aliphatic carbocycles. The summed E-state index contributed by atoms with van der Waals surface area (Å²) in [4.78, 5) is 40.5. The fraction of sp³-hybridized carbons (Fsp3) is 0.222. The van der Waals surface area contributed by atoms with E-state index >= 15 is 0 Å². The van der Waals surface area contributed by atoms with Crippen LogP contribution >= 0.6 is 0 Å². The Balaban J connectivity index is 2.17. The van der Waals surface area contributed by atoms with E-state index in [1.165, 1.54) is 14.2 Å². The van der Waals surface area contributed by atoms with Gasteiger partial charge in [0.25, 0.3) is 0 Å².